The summed E-state index contributed by atoms with van der Waals surface area (Å²) in [7, 11) is 0. The van der Waals surface area contributed by atoms with Crippen molar-refractivity contribution in [3.8, 4) is 0 Å². The molecule has 1 aromatic heterocycles. The van der Waals surface area contributed by atoms with E-state index in [2.05, 4.69) is 17.0 Å². The van der Waals surface area contributed by atoms with Crippen LogP contribution < -0.4 is 0 Å². The van der Waals surface area contributed by atoms with Gasteiger partial charge in [-0.1, -0.05) is 60.7 Å². The molecule has 142 valence electrons. The minimum Gasteiger partial charge on any atom is -0.447 e. The predicted octanol–water partition coefficient (Wildman–Crippen LogP) is 3.47. The van der Waals surface area contributed by atoms with E-state index in [4.69, 9.17) is 4.42 Å². The summed E-state index contributed by atoms with van der Waals surface area (Å²) in [5.41, 5.74) is 1.82. The highest BCUT2D eigenvalue weighted by atomic mass is 16.4. The number of rotatable bonds is 5. The SMILES string of the molecule is O=C(c1ccccc1)c1ccc(C(=O)N2CCN(Cc3ccccc3)CC2)o1. The average molecular weight is 374 g/mol. The maximum atomic E-state index is 12.7. The van der Waals surface area contributed by atoms with Crippen LogP contribution in [-0.2, 0) is 6.54 Å². The Balaban J connectivity index is 1.36. The number of ketones is 1. The van der Waals surface area contributed by atoms with E-state index in [1.807, 2.05) is 24.3 Å². The van der Waals surface area contributed by atoms with Crippen molar-refractivity contribution in [2.45, 2.75) is 6.54 Å². The summed E-state index contributed by atoms with van der Waals surface area (Å²) in [4.78, 5) is 29.3. The van der Waals surface area contributed by atoms with E-state index in [0.717, 1.165) is 19.6 Å². The number of furan rings is 1. The van der Waals surface area contributed by atoms with E-state index >= 15 is 0 Å². The topological polar surface area (TPSA) is 53.8 Å². The minimum atomic E-state index is -0.215. The third kappa shape index (κ3) is 4.05. The van der Waals surface area contributed by atoms with Gasteiger partial charge >= 0.3 is 0 Å². The highest BCUT2D eigenvalue weighted by Gasteiger charge is 2.25. The fraction of sp³-hybridized carbons (Fsp3) is 0.217. The second-order valence-electron chi connectivity index (χ2n) is 6.91. The maximum absolute atomic E-state index is 12.7. The van der Waals surface area contributed by atoms with Gasteiger partial charge in [0.25, 0.3) is 5.91 Å². The van der Waals surface area contributed by atoms with E-state index < -0.39 is 0 Å². The molecule has 0 saturated carbocycles. The normalized spacial score (nSPS) is 14.8. The lowest BCUT2D eigenvalue weighted by molar-refractivity contribution is 0.0596. The number of piperazine rings is 1. The van der Waals surface area contributed by atoms with Crippen LogP contribution in [-0.4, -0.2) is 47.7 Å². The lowest BCUT2D eigenvalue weighted by Gasteiger charge is -2.34. The van der Waals surface area contributed by atoms with E-state index in [0.29, 0.717) is 18.7 Å². The molecule has 1 aliphatic heterocycles. The van der Waals surface area contributed by atoms with Crippen LogP contribution in [0.3, 0.4) is 0 Å². The molecule has 0 aliphatic carbocycles. The second-order valence-corrected chi connectivity index (χ2v) is 6.91. The van der Waals surface area contributed by atoms with Gasteiger partial charge in [-0.05, 0) is 17.7 Å². The molecule has 0 atom stereocenters. The number of nitrogens with zero attached hydrogens (tertiary/aromatic N) is 2. The fourth-order valence-corrected chi connectivity index (χ4v) is 3.41. The van der Waals surface area contributed by atoms with Crippen LogP contribution >= 0.6 is 0 Å². The van der Waals surface area contributed by atoms with Gasteiger partial charge in [0.1, 0.15) is 0 Å². The zero-order valence-electron chi connectivity index (χ0n) is 15.6. The highest BCUT2D eigenvalue weighted by Crippen LogP contribution is 2.17. The van der Waals surface area contributed by atoms with Crippen LogP contribution in [0.4, 0.5) is 0 Å². The van der Waals surface area contributed by atoms with Crippen LogP contribution in [0.25, 0.3) is 0 Å². The first-order chi connectivity index (χ1) is 13.7. The fourth-order valence-electron chi connectivity index (χ4n) is 3.41. The Hall–Kier alpha value is -3.18. The molecule has 0 radical (unpaired) electrons. The molecule has 1 amide bonds. The van der Waals surface area contributed by atoms with Crippen LogP contribution in [0.5, 0.6) is 0 Å². The lowest BCUT2D eigenvalue weighted by atomic mass is 10.1. The molecule has 3 aromatic rings. The van der Waals surface area contributed by atoms with Gasteiger partial charge in [0.05, 0.1) is 0 Å². The van der Waals surface area contributed by atoms with Crippen molar-refractivity contribution in [1.82, 2.24) is 9.80 Å². The van der Waals surface area contributed by atoms with Crippen molar-refractivity contribution < 1.29 is 14.0 Å². The molecule has 0 unspecified atom stereocenters. The number of carbonyl (C=O) groups excluding carboxylic acids is 2. The van der Waals surface area contributed by atoms with E-state index in [1.165, 1.54) is 5.56 Å². The number of hydrogen-bond acceptors (Lipinski definition) is 4. The van der Waals surface area contributed by atoms with Crippen LogP contribution in [0, 0.1) is 0 Å². The van der Waals surface area contributed by atoms with Gasteiger partial charge in [0.2, 0.25) is 5.78 Å². The van der Waals surface area contributed by atoms with E-state index in [-0.39, 0.29) is 23.2 Å². The summed E-state index contributed by atoms with van der Waals surface area (Å²) in [5.74, 6) is 0.0341. The Labute approximate surface area is 164 Å². The molecule has 5 nitrogen and oxygen atoms in total. The van der Waals surface area contributed by atoms with Crippen LogP contribution in [0.2, 0.25) is 0 Å². The predicted molar refractivity (Wildman–Crippen MR) is 106 cm³/mol. The van der Waals surface area contributed by atoms with Gasteiger partial charge in [-0.3, -0.25) is 14.5 Å². The summed E-state index contributed by atoms with van der Waals surface area (Å²) in [6.45, 7) is 3.82. The first-order valence-corrected chi connectivity index (χ1v) is 9.46. The molecule has 1 aliphatic rings. The van der Waals surface area contributed by atoms with Gasteiger partial charge in [-0.15, -0.1) is 0 Å². The van der Waals surface area contributed by atoms with Crippen LogP contribution in [0.1, 0.15) is 32.2 Å². The summed E-state index contributed by atoms with van der Waals surface area (Å²) in [5, 5.41) is 0. The Bertz CT molecular complexity index is 942. The molecule has 2 aromatic carbocycles. The largest absolute Gasteiger partial charge is 0.447 e. The van der Waals surface area contributed by atoms with Gasteiger partial charge in [-0.25, -0.2) is 0 Å². The van der Waals surface area contributed by atoms with Gasteiger partial charge in [-0.2, -0.15) is 0 Å². The second kappa shape index (κ2) is 8.23. The smallest absolute Gasteiger partial charge is 0.289 e. The number of carbonyl (C=O) groups is 2. The molecule has 5 heteroatoms. The Morgan fingerprint density at radius 1 is 0.750 bits per heavy atom. The van der Waals surface area contributed by atoms with E-state index in [9.17, 15) is 9.59 Å². The maximum Gasteiger partial charge on any atom is 0.289 e. The summed E-state index contributed by atoms with van der Waals surface area (Å²) >= 11 is 0. The Morgan fingerprint density at radius 3 is 2.04 bits per heavy atom. The molecule has 0 N–H and O–H groups in total. The van der Waals surface area contributed by atoms with Crippen molar-refractivity contribution in [3.05, 3.63) is 95.4 Å². The molecule has 28 heavy (non-hydrogen) atoms. The van der Waals surface area contributed by atoms with Crippen LogP contribution in [0.15, 0.2) is 77.2 Å². The van der Waals surface area contributed by atoms with Crippen molar-refractivity contribution in [1.29, 1.82) is 0 Å². The Kier molecular flexibility index (Phi) is 5.35. The summed E-state index contributed by atoms with van der Waals surface area (Å²) < 4.78 is 5.58. The number of amides is 1. The molecule has 0 spiro atoms. The standard InChI is InChI=1S/C23H22N2O3/c26-22(19-9-5-2-6-10-19)20-11-12-21(28-20)23(27)25-15-13-24(14-16-25)17-18-7-3-1-4-8-18/h1-12H,13-17H2. The molecular formula is C23H22N2O3. The van der Waals surface area contributed by atoms with Crippen molar-refractivity contribution >= 4 is 11.7 Å². The summed E-state index contributed by atoms with van der Waals surface area (Å²) in [6.07, 6.45) is 0. The first kappa shape index (κ1) is 18.2. The van der Waals surface area contributed by atoms with Crippen molar-refractivity contribution in [2.24, 2.45) is 0 Å². The van der Waals surface area contributed by atoms with Gasteiger partial charge in [0, 0.05) is 38.3 Å². The van der Waals surface area contributed by atoms with Gasteiger partial charge < -0.3 is 9.32 Å². The number of benzene rings is 2. The molecule has 2 heterocycles. The van der Waals surface area contributed by atoms with Gasteiger partial charge in [0.15, 0.2) is 11.5 Å². The third-order valence-corrected chi connectivity index (χ3v) is 4.99. The highest BCUT2D eigenvalue weighted by molar-refractivity contribution is 6.07. The molecular weight excluding hydrogens is 352 g/mol. The lowest BCUT2D eigenvalue weighted by Crippen LogP contribution is -2.48. The van der Waals surface area contributed by atoms with Crippen molar-refractivity contribution in [3.63, 3.8) is 0 Å². The minimum absolute atomic E-state index is 0.161. The molecule has 1 saturated heterocycles. The summed E-state index contributed by atoms with van der Waals surface area (Å²) in [6, 6.07) is 22.4. The molecule has 1 fully saturated rings. The molecule has 0 bridgehead atoms. The Morgan fingerprint density at radius 2 is 1.36 bits per heavy atom. The molecule has 4 rings (SSSR count). The zero-order valence-corrected chi connectivity index (χ0v) is 15.6. The average Bonchev–Trinajstić information content (AvgIpc) is 3.25. The monoisotopic (exact) mass is 374 g/mol. The quantitative estimate of drug-likeness (QED) is 0.642. The first-order valence-electron chi connectivity index (χ1n) is 9.46. The third-order valence-electron chi connectivity index (χ3n) is 4.99. The number of hydrogen-bond donors (Lipinski definition) is 0. The zero-order chi connectivity index (χ0) is 19.3. The van der Waals surface area contributed by atoms with E-state index in [1.54, 1.807) is 41.3 Å². The van der Waals surface area contributed by atoms with Crippen molar-refractivity contribution in [2.75, 3.05) is 26.2 Å².